The number of hydrogen-bond donors (Lipinski definition) is 1. The van der Waals surface area contributed by atoms with Gasteiger partial charge in [0, 0.05) is 27.6 Å². The third-order valence-corrected chi connectivity index (χ3v) is 6.76. The molecule has 2 heterocycles. The van der Waals surface area contributed by atoms with Gasteiger partial charge >= 0.3 is 6.03 Å². The zero-order chi connectivity index (χ0) is 17.4. The highest BCUT2D eigenvalue weighted by molar-refractivity contribution is 7.99. The maximum Gasteiger partial charge on any atom is 0.325 e. The first-order chi connectivity index (χ1) is 12.1. The van der Waals surface area contributed by atoms with E-state index in [0.29, 0.717) is 17.1 Å². The summed E-state index contributed by atoms with van der Waals surface area (Å²) in [7, 11) is 0. The number of urea groups is 1. The van der Waals surface area contributed by atoms with E-state index in [-0.39, 0.29) is 24.3 Å². The van der Waals surface area contributed by atoms with Crippen LogP contribution in [-0.2, 0) is 16.8 Å². The molecule has 2 aromatic rings. The predicted molar refractivity (Wildman–Crippen MR) is 96.3 cm³/mol. The summed E-state index contributed by atoms with van der Waals surface area (Å²) >= 11 is 2.95. The van der Waals surface area contributed by atoms with Crippen molar-refractivity contribution in [2.75, 3.05) is 12.3 Å². The van der Waals surface area contributed by atoms with Crippen molar-refractivity contribution in [3.8, 4) is 0 Å². The molecule has 1 atom stereocenters. The molecule has 4 rings (SSSR count). The lowest BCUT2D eigenvalue weighted by molar-refractivity contribution is -0.132. The van der Waals surface area contributed by atoms with Crippen LogP contribution in [-0.4, -0.2) is 29.1 Å². The summed E-state index contributed by atoms with van der Waals surface area (Å²) < 4.78 is 13.7. The molecule has 0 saturated carbocycles. The number of imide groups is 1. The summed E-state index contributed by atoms with van der Waals surface area (Å²) in [5, 5.41) is 4.91. The van der Waals surface area contributed by atoms with Gasteiger partial charge in [-0.15, -0.1) is 23.1 Å². The number of hydrogen-bond acceptors (Lipinski definition) is 4. The van der Waals surface area contributed by atoms with E-state index in [1.807, 2.05) is 11.4 Å². The number of carbonyl (C=O) groups is 2. The van der Waals surface area contributed by atoms with Crippen molar-refractivity contribution < 1.29 is 14.0 Å². The molecule has 0 bridgehead atoms. The Kier molecular flexibility index (Phi) is 4.29. The summed E-state index contributed by atoms with van der Waals surface area (Å²) in [4.78, 5) is 28.4. The van der Waals surface area contributed by atoms with Gasteiger partial charge in [0.1, 0.15) is 11.4 Å². The zero-order valence-corrected chi connectivity index (χ0v) is 15.1. The van der Waals surface area contributed by atoms with Crippen molar-refractivity contribution in [1.82, 2.24) is 10.2 Å². The van der Waals surface area contributed by atoms with Gasteiger partial charge in [-0.25, -0.2) is 9.18 Å². The Hall–Kier alpha value is -1.86. The largest absolute Gasteiger partial charge is 0.325 e. The van der Waals surface area contributed by atoms with Gasteiger partial charge in [-0.3, -0.25) is 9.69 Å². The first kappa shape index (κ1) is 16.6. The highest BCUT2D eigenvalue weighted by atomic mass is 32.2. The molecule has 3 amide bonds. The molecule has 0 radical (unpaired) electrons. The number of rotatable bonds is 4. The number of aryl methyl sites for hydroxylation is 1. The molecule has 1 spiro atoms. The number of nitrogens with zero attached hydrogens (tertiary/aromatic N) is 1. The van der Waals surface area contributed by atoms with Crippen LogP contribution in [0.2, 0.25) is 0 Å². The molecule has 2 aliphatic rings. The van der Waals surface area contributed by atoms with Crippen molar-refractivity contribution in [2.45, 2.75) is 29.7 Å². The molecule has 0 unspecified atom stereocenters. The minimum Gasteiger partial charge on any atom is -0.319 e. The summed E-state index contributed by atoms with van der Waals surface area (Å²) in [6.45, 7) is 0.269. The van der Waals surface area contributed by atoms with Crippen molar-refractivity contribution >= 4 is 35.0 Å². The lowest BCUT2D eigenvalue weighted by atomic mass is 9.80. The Balaban J connectivity index is 1.49. The molecule has 7 heteroatoms. The number of amides is 3. The van der Waals surface area contributed by atoms with E-state index in [0.717, 1.165) is 18.4 Å². The summed E-state index contributed by atoms with van der Waals surface area (Å²) in [6.07, 6.45) is 2.48. The van der Waals surface area contributed by atoms with Crippen LogP contribution in [0, 0.1) is 5.82 Å². The molecular formula is C18H17FN2O2S2. The SMILES string of the molecule is O=C1N[C@]2(CCCc3sccc32)C(=O)N1CCSc1ccccc1F. The normalized spacial score (nSPS) is 22.4. The Morgan fingerprint density at radius 1 is 1.28 bits per heavy atom. The van der Waals surface area contributed by atoms with Crippen LogP contribution >= 0.6 is 23.1 Å². The molecular weight excluding hydrogens is 359 g/mol. The molecule has 1 aromatic heterocycles. The van der Waals surface area contributed by atoms with Gasteiger partial charge < -0.3 is 5.32 Å². The van der Waals surface area contributed by atoms with Crippen molar-refractivity contribution in [2.24, 2.45) is 0 Å². The second-order valence-electron chi connectivity index (χ2n) is 6.18. The van der Waals surface area contributed by atoms with Gasteiger partial charge in [-0.2, -0.15) is 0 Å². The first-order valence-electron chi connectivity index (χ1n) is 8.20. The van der Waals surface area contributed by atoms with Gasteiger partial charge in [0.2, 0.25) is 0 Å². The van der Waals surface area contributed by atoms with E-state index in [1.54, 1.807) is 29.5 Å². The van der Waals surface area contributed by atoms with Gasteiger partial charge in [0.25, 0.3) is 5.91 Å². The number of halogens is 1. The number of nitrogens with one attached hydrogen (secondary N) is 1. The Labute approximate surface area is 153 Å². The molecule has 1 aromatic carbocycles. The maximum absolute atomic E-state index is 13.7. The van der Waals surface area contributed by atoms with Crippen molar-refractivity contribution in [3.63, 3.8) is 0 Å². The smallest absolute Gasteiger partial charge is 0.319 e. The molecule has 25 heavy (non-hydrogen) atoms. The van der Waals surface area contributed by atoms with Crippen molar-refractivity contribution in [3.05, 3.63) is 52.0 Å². The fourth-order valence-electron chi connectivity index (χ4n) is 3.55. The van der Waals surface area contributed by atoms with Crippen LogP contribution in [0.15, 0.2) is 40.6 Å². The average Bonchev–Trinajstić information content (AvgIpc) is 3.17. The maximum atomic E-state index is 13.7. The monoisotopic (exact) mass is 376 g/mol. The van der Waals surface area contributed by atoms with E-state index >= 15 is 0 Å². The standard InChI is InChI=1S/C18H17FN2O2S2/c19-13-4-1-2-5-15(13)25-11-9-21-16(22)18(20-17(21)23)8-3-6-14-12(18)7-10-24-14/h1-2,4-5,7,10H,3,6,8-9,11H2,(H,20,23)/t18-/m0/s1. The molecule has 4 nitrogen and oxygen atoms in total. The third kappa shape index (κ3) is 2.75. The van der Waals surface area contributed by atoms with Crippen molar-refractivity contribution in [1.29, 1.82) is 0 Å². The zero-order valence-electron chi connectivity index (χ0n) is 13.5. The highest BCUT2D eigenvalue weighted by Gasteiger charge is 2.54. The summed E-state index contributed by atoms with van der Waals surface area (Å²) in [5.41, 5.74) is 0.0548. The van der Waals surface area contributed by atoms with Crippen LogP contribution in [0.3, 0.4) is 0 Å². The van der Waals surface area contributed by atoms with E-state index in [2.05, 4.69) is 5.32 Å². The number of fused-ring (bicyclic) bond motifs is 2. The second kappa shape index (κ2) is 6.46. The van der Waals surface area contributed by atoms with Crippen LogP contribution in [0.1, 0.15) is 23.3 Å². The Bertz CT molecular complexity index is 838. The minimum atomic E-state index is -0.896. The number of thioether (sulfide) groups is 1. The molecule has 1 aliphatic carbocycles. The predicted octanol–water partition coefficient (Wildman–Crippen LogP) is 3.76. The average molecular weight is 376 g/mol. The Morgan fingerprint density at radius 3 is 2.96 bits per heavy atom. The second-order valence-corrected chi connectivity index (χ2v) is 8.32. The fraction of sp³-hybridized carbons (Fsp3) is 0.333. The molecule has 1 fully saturated rings. The Morgan fingerprint density at radius 2 is 2.12 bits per heavy atom. The number of carbonyl (C=O) groups excluding carboxylic acids is 2. The lowest BCUT2D eigenvalue weighted by Gasteiger charge is -2.31. The topological polar surface area (TPSA) is 49.4 Å². The van der Waals surface area contributed by atoms with Gasteiger partial charge in [0.05, 0.1) is 0 Å². The molecule has 1 saturated heterocycles. The van der Waals surface area contributed by atoms with E-state index < -0.39 is 5.54 Å². The van der Waals surface area contributed by atoms with E-state index in [1.165, 1.54) is 27.6 Å². The lowest BCUT2D eigenvalue weighted by Crippen LogP contribution is -2.46. The van der Waals surface area contributed by atoms with E-state index in [4.69, 9.17) is 0 Å². The van der Waals surface area contributed by atoms with Gasteiger partial charge in [-0.1, -0.05) is 12.1 Å². The minimum absolute atomic E-state index is 0.175. The number of benzene rings is 1. The van der Waals surface area contributed by atoms with Crippen LogP contribution in [0.4, 0.5) is 9.18 Å². The quantitative estimate of drug-likeness (QED) is 0.653. The van der Waals surface area contributed by atoms with Gasteiger partial charge in [0.15, 0.2) is 0 Å². The van der Waals surface area contributed by atoms with Crippen LogP contribution in [0.25, 0.3) is 0 Å². The molecule has 1 N–H and O–H groups in total. The molecule has 130 valence electrons. The first-order valence-corrected chi connectivity index (χ1v) is 10.1. The molecule has 1 aliphatic heterocycles. The number of thiophene rings is 1. The van der Waals surface area contributed by atoms with Crippen LogP contribution < -0.4 is 5.32 Å². The highest BCUT2D eigenvalue weighted by Crippen LogP contribution is 2.42. The summed E-state index contributed by atoms with van der Waals surface area (Å²) in [5.74, 6) is 0.00879. The van der Waals surface area contributed by atoms with E-state index in [9.17, 15) is 14.0 Å². The third-order valence-electron chi connectivity index (χ3n) is 4.75. The van der Waals surface area contributed by atoms with Crippen LogP contribution in [0.5, 0.6) is 0 Å². The van der Waals surface area contributed by atoms with Gasteiger partial charge in [-0.05, 0) is 42.8 Å². The fourth-order valence-corrected chi connectivity index (χ4v) is 5.43. The summed E-state index contributed by atoms with van der Waals surface area (Å²) in [6, 6.07) is 8.13.